The first-order chi connectivity index (χ1) is 9.02. The zero-order chi connectivity index (χ0) is 13.5. The van der Waals surface area contributed by atoms with E-state index < -0.39 is 9.84 Å². The molecule has 3 rings (SSSR count). The molecule has 0 aliphatic heterocycles. The van der Waals surface area contributed by atoms with Gasteiger partial charge in [-0.25, -0.2) is 13.4 Å². The fraction of sp³-hybridized carbons (Fsp3) is 0.462. The Labute approximate surface area is 116 Å². The summed E-state index contributed by atoms with van der Waals surface area (Å²) in [4.78, 5) is 4.87. The number of benzene rings is 1. The van der Waals surface area contributed by atoms with Gasteiger partial charge in [-0.1, -0.05) is 24.2 Å². The first-order valence-corrected chi connectivity index (χ1v) is 9.10. The van der Waals surface area contributed by atoms with Crippen molar-refractivity contribution in [1.29, 1.82) is 0 Å². The molecule has 0 bridgehead atoms. The molecule has 1 aromatic heterocycles. The van der Waals surface area contributed by atoms with E-state index in [2.05, 4.69) is 10.3 Å². The van der Waals surface area contributed by atoms with Gasteiger partial charge in [-0.15, -0.1) is 0 Å². The molecular formula is C13H16N2O2S2. The van der Waals surface area contributed by atoms with E-state index in [1.807, 2.05) is 0 Å². The first-order valence-electron chi connectivity index (χ1n) is 6.39. The summed E-state index contributed by atoms with van der Waals surface area (Å²) in [7, 11) is -3.15. The number of fused-ring (bicyclic) bond motifs is 1. The lowest BCUT2D eigenvalue weighted by molar-refractivity contribution is 0.602. The second-order valence-corrected chi connectivity index (χ2v) is 8.09. The molecule has 2 aromatic rings. The van der Waals surface area contributed by atoms with Crippen LogP contribution in [0.4, 0.5) is 5.13 Å². The van der Waals surface area contributed by atoms with Gasteiger partial charge in [0.2, 0.25) is 0 Å². The third kappa shape index (κ3) is 2.74. The molecule has 1 heterocycles. The van der Waals surface area contributed by atoms with Crippen molar-refractivity contribution in [3.63, 3.8) is 0 Å². The number of nitrogens with zero attached hydrogens (tertiary/aromatic N) is 1. The minimum absolute atomic E-state index is 0.357. The summed E-state index contributed by atoms with van der Waals surface area (Å²) in [6.07, 6.45) is 6.18. The quantitative estimate of drug-likeness (QED) is 0.945. The summed E-state index contributed by atoms with van der Waals surface area (Å²) in [5.41, 5.74) is 0.859. The molecule has 0 unspecified atom stereocenters. The zero-order valence-electron chi connectivity index (χ0n) is 10.7. The van der Waals surface area contributed by atoms with E-state index in [0.29, 0.717) is 10.9 Å². The number of rotatable bonds is 3. The molecule has 0 saturated heterocycles. The van der Waals surface area contributed by atoms with Crippen LogP contribution in [0.2, 0.25) is 0 Å². The van der Waals surface area contributed by atoms with Gasteiger partial charge < -0.3 is 5.32 Å². The van der Waals surface area contributed by atoms with Gasteiger partial charge in [-0.3, -0.25) is 0 Å². The van der Waals surface area contributed by atoms with Crippen molar-refractivity contribution in [1.82, 2.24) is 4.98 Å². The van der Waals surface area contributed by atoms with Crippen molar-refractivity contribution >= 4 is 36.5 Å². The summed E-state index contributed by atoms with van der Waals surface area (Å²) in [6.45, 7) is 0. The van der Waals surface area contributed by atoms with E-state index >= 15 is 0 Å². The Morgan fingerprint density at radius 2 is 2.05 bits per heavy atom. The highest BCUT2D eigenvalue weighted by atomic mass is 32.2. The second-order valence-electron chi connectivity index (χ2n) is 5.05. The average molecular weight is 296 g/mol. The maximum absolute atomic E-state index is 11.5. The number of hydrogen-bond donors (Lipinski definition) is 1. The monoisotopic (exact) mass is 296 g/mol. The molecule has 6 heteroatoms. The lowest BCUT2D eigenvalue weighted by atomic mass is 10.3. The molecule has 0 amide bonds. The van der Waals surface area contributed by atoms with Crippen LogP contribution in [0.15, 0.2) is 23.1 Å². The highest BCUT2D eigenvalue weighted by molar-refractivity contribution is 7.90. The van der Waals surface area contributed by atoms with Gasteiger partial charge in [0.25, 0.3) is 0 Å². The molecule has 102 valence electrons. The maximum Gasteiger partial charge on any atom is 0.184 e. The fourth-order valence-electron chi connectivity index (χ4n) is 2.44. The summed E-state index contributed by atoms with van der Waals surface area (Å²) in [5.74, 6) is 0. The van der Waals surface area contributed by atoms with E-state index in [1.54, 1.807) is 18.2 Å². The number of aromatic nitrogens is 1. The summed E-state index contributed by atoms with van der Waals surface area (Å²) in [5, 5.41) is 4.34. The molecule has 0 atom stereocenters. The van der Waals surface area contributed by atoms with E-state index in [9.17, 15) is 8.42 Å². The first kappa shape index (κ1) is 12.9. The van der Waals surface area contributed by atoms with Crippen molar-refractivity contribution in [2.45, 2.75) is 36.6 Å². The lowest BCUT2D eigenvalue weighted by Gasteiger charge is -2.09. The maximum atomic E-state index is 11.5. The van der Waals surface area contributed by atoms with Crippen molar-refractivity contribution < 1.29 is 8.42 Å². The van der Waals surface area contributed by atoms with Gasteiger partial charge in [0.15, 0.2) is 15.0 Å². The van der Waals surface area contributed by atoms with Crippen molar-refractivity contribution in [3.05, 3.63) is 18.2 Å². The predicted molar refractivity (Wildman–Crippen MR) is 78.6 cm³/mol. The van der Waals surface area contributed by atoms with Crippen molar-refractivity contribution in [3.8, 4) is 0 Å². The predicted octanol–water partition coefficient (Wildman–Crippen LogP) is 3.05. The SMILES string of the molecule is CS(=O)(=O)c1ccc2nc(NC3CCCC3)sc2c1. The Morgan fingerprint density at radius 1 is 1.32 bits per heavy atom. The van der Waals surface area contributed by atoms with Crippen LogP contribution in [0.3, 0.4) is 0 Å². The fourth-order valence-corrected chi connectivity index (χ4v) is 4.15. The molecule has 1 aliphatic carbocycles. The molecule has 1 fully saturated rings. The highest BCUT2D eigenvalue weighted by Gasteiger charge is 2.16. The highest BCUT2D eigenvalue weighted by Crippen LogP contribution is 2.30. The minimum Gasteiger partial charge on any atom is -0.359 e. The van der Waals surface area contributed by atoms with Crippen LogP contribution in [-0.2, 0) is 9.84 Å². The van der Waals surface area contributed by atoms with Crippen LogP contribution in [0.5, 0.6) is 0 Å². The molecule has 0 spiro atoms. The van der Waals surface area contributed by atoms with Gasteiger partial charge in [-0.2, -0.15) is 0 Å². The molecule has 1 aliphatic rings. The normalized spacial score (nSPS) is 17.1. The number of thiazole rings is 1. The summed E-state index contributed by atoms with van der Waals surface area (Å²) in [6, 6.07) is 5.64. The molecule has 19 heavy (non-hydrogen) atoms. The number of sulfone groups is 1. The Balaban J connectivity index is 1.92. The van der Waals surface area contributed by atoms with Gasteiger partial charge in [-0.05, 0) is 31.0 Å². The van der Waals surface area contributed by atoms with Gasteiger partial charge in [0, 0.05) is 12.3 Å². The van der Waals surface area contributed by atoms with E-state index in [-0.39, 0.29) is 0 Å². The second kappa shape index (κ2) is 4.76. The van der Waals surface area contributed by atoms with E-state index in [4.69, 9.17) is 0 Å². The van der Waals surface area contributed by atoms with E-state index in [0.717, 1.165) is 15.3 Å². The molecule has 4 nitrogen and oxygen atoms in total. The average Bonchev–Trinajstić information content (AvgIpc) is 2.95. The number of hydrogen-bond acceptors (Lipinski definition) is 5. The topological polar surface area (TPSA) is 59.1 Å². The van der Waals surface area contributed by atoms with Crippen molar-refractivity contribution in [2.75, 3.05) is 11.6 Å². The Kier molecular flexibility index (Phi) is 3.22. The third-order valence-corrected chi connectivity index (χ3v) is 5.53. The smallest absolute Gasteiger partial charge is 0.184 e. The zero-order valence-corrected chi connectivity index (χ0v) is 12.4. The molecule has 1 saturated carbocycles. The van der Waals surface area contributed by atoms with Crippen LogP contribution in [0, 0.1) is 0 Å². The number of nitrogens with one attached hydrogen (secondary N) is 1. The van der Waals surface area contributed by atoms with Gasteiger partial charge in [0.05, 0.1) is 15.1 Å². The Bertz CT molecular complexity index is 701. The largest absolute Gasteiger partial charge is 0.359 e. The summed E-state index contributed by atoms with van der Waals surface area (Å²) >= 11 is 1.53. The molecule has 0 radical (unpaired) electrons. The van der Waals surface area contributed by atoms with E-state index in [1.165, 1.54) is 43.3 Å². The van der Waals surface area contributed by atoms with Crippen LogP contribution in [-0.4, -0.2) is 25.7 Å². The third-order valence-electron chi connectivity index (χ3n) is 3.47. The minimum atomic E-state index is -3.15. The van der Waals surface area contributed by atoms with Gasteiger partial charge >= 0.3 is 0 Å². The van der Waals surface area contributed by atoms with Crippen LogP contribution in [0.25, 0.3) is 10.2 Å². The molecular weight excluding hydrogens is 280 g/mol. The lowest BCUT2D eigenvalue weighted by Crippen LogP contribution is -2.13. The molecule has 1 aromatic carbocycles. The van der Waals surface area contributed by atoms with Crippen LogP contribution >= 0.6 is 11.3 Å². The Morgan fingerprint density at radius 3 is 2.74 bits per heavy atom. The Hall–Kier alpha value is -1.14. The van der Waals surface area contributed by atoms with Crippen LogP contribution < -0.4 is 5.32 Å². The van der Waals surface area contributed by atoms with Gasteiger partial charge in [0.1, 0.15) is 0 Å². The standard InChI is InChI=1S/C13H16N2O2S2/c1-19(16,17)10-6-7-11-12(8-10)18-13(15-11)14-9-4-2-3-5-9/h6-9H,2-5H2,1H3,(H,14,15). The summed E-state index contributed by atoms with van der Waals surface area (Å²) < 4.78 is 24.0. The van der Waals surface area contributed by atoms with Crippen LogP contribution in [0.1, 0.15) is 25.7 Å². The number of anilines is 1. The molecule has 1 N–H and O–H groups in total. The van der Waals surface area contributed by atoms with Crippen molar-refractivity contribution in [2.24, 2.45) is 0 Å².